The molecule has 0 aliphatic heterocycles. The molecule has 3 nitrogen and oxygen atoms in total. The second-order valence-corrected chi connectivity index (χ2v) is 6.39. The van der Waals surface area contributed by atoms with Gasteiger partial charge in [0.25, 0.3) is 0 Å². The molecule has 0 aliphatic carbocycles. The van der Waals surface area contributed by atoms with Crippen LogP contribution in [0.2, 0.25) is 0 Å². The van der Waals surface area contributed by atoms with Crippen molar-refractivity contribution in [3.63, 3.8) is 0 Å². The molecule has 0 radical (unpaired) electrons. The first-order valence-electron chi connectivity index (χ1n) is 9.07. The Hall–Kier alpha value is -1.19. The maximum Gasteiger partial charge on any atom is 0.171 e. The molecule has 0 aromatic heterocycles. The Morgan fingerprint density at radius 2 is 1.43 bits per heavy atom. The largest absolute Gasteiger partial charge is 0.393 e. The molecule has 2 N–H and O–H groups in total. The molecule has 0 heterocycles. The monoisotopic (exact) mass is 320 g/mol. The Labute approximate surface area is 140 Å². The summed E-state index contributed by atoms with van der Waals surface area (Å²) < 4.78 is 0. The highest BCUT2D eigenvalue weighted by Gasteiger charge is 2.36. The minimum Gasteiger partial charge on any atom is -0.393 e. The molecule has 3 heteroatoms. The molecule has 0 saturated heterocycles. The summed E-state index contributed by atoms with van der Waals surface area (Å²) in [4.78, 5) is 12.3. The minimum atomic E-state index is -1.75. The topological polar surface area (TPSA) is 57.5 Å². The third-order valence-electron chi connectivity index (χ3n) is 4.45. The lowest BCUT2D eigenvalue weighted by atomic mass is 9.87. The maximum absolute atomic E-state index is 12.3. The van der Waals surface area contributed by atoms with Crippen molar-refractivity contribution in [3.8, 4) is 0 Å². The van der Waals surface area contributed by atoms with Gasteiger partial charge in [0.1, 0.15) is 0 Å². The van der Waals surface area contributed by atoms with Gasteiger partial charge in [-0.25, -0.2) is 0 Å². The quantitative estimate of drug-likeness (QED) is 0.531. The normalized spacial score (nSPS) is 13.7. The molecule has 0 spiro atoms. The summed E-state index contributed by atoms with van der Waals surface area (Å²) in [6.45, 7) is 1.66. The van der Waals surface area contributed by atoms with Crippen LogP contribution in [0.25, 0.3) is 0 Å². The fourth-order valence-corrected chi connectivity index (χ4v) is 2.86. The summed E-state index contributed by atoms with van der Waals surface area (Å²) >= 11 is 0. The highest BCUT2D eigenvalue weighted by atomic mass is 16.3. The molecule has 1 rings (SSSR count). The molecule has 0 amide bonds. The van der Waals surface area contributed by atoms with E-state index in [1.807, 2.05) is 6.07 Å². The summed E-state index contributed by atoms with van der Waals surface area (Å²) in [5, 5.41) is 20.0. The lowest BCUT2D eigenvalue weighted by Gasteiger charge is -2.24. The zero-order chi connectivity index (χ0) is 17.0. The highest BCUT2D eigenvalue weighted by Crippen LogP contribution is 2.24. The molecule has 23 heavy (non-hydrogen) atoms. The van der Waals surface area contributed by atoms with Gasteiger partial charge in [0.2, 0.25) is 0 Å². The molecule has 1 aromatic rings. The van der Waals surface area contributed by atoms with Gasteiger partial charge in [-0.05, 0) is 12.0 Å². The first kappa shape index (κ1) is 19.9. The number of rotatable bonds is 13. The molecule has 0 saturated carbocycles. The summed E-state index contributed by atoms with van der Waals surface area (Å²) in [5.41, 5.74) is -1.27. The number of aliphatic hydroxyl groups is 2. The van der Waals surface area contributed by atoms with E-state index >= 15 is 0 Å². The number of benzene rings is 1. The van der Waals surface area contributed by atoms with Crippen molar-refractivity contribution >= 4 is 5.78 Å². The van der Waals surface area contributed by atoms with Crippen LogP contribution in [-0.4, -0.2) is 22.6 Å². The number of carbonyl (C=O) groups excluding carboxylic acids is 1. The maximum atomic E-state index is 12.3. The highest BCUT2D eigenvalue weighted by molar-refractivity contribution is 5.88. The van der Waals surface area contributed by atoms with Gasteiger partial charge in [-0.2, -0.15) is 0 Å². The number of Topliss-reactive ketones (excluding diaryl/α,β-unsaturated/α-hetero) is 1. The van der Waals surface area contributed by atoms with Crippen molar-refractivity contribution < 1.29 is 15.0 Å². The third-order valence-corrected chi connectivity index (χ3v) is 4.45. The number of unbranched alkanes of at least 4 members (excludes halogenated alkanes) is 8. The van der Waals surface area contributed by atoms with Gasteiger partial charge in [0.15, 0.2) is 11.4 Å². The molecular weight excluding hydrogens is 288 g/mol. The lowest BCUT2D eigenvalue weighted by Crippen LogP contribution is -2.39. The summed E-state index contributed by atoms with van der Waals surface area (Å²) in [7, 11) is 0. The average Bonchev–Trinajstić information content (AvgIpc) is 2.60. The molecule has 0 fully saturated rings. The molecule has 1 atom stereocenters. The molecule has 1 aromatic carbocycles. The van der Waals surface area contributed by atoms with Crippen LogP contribution in [0.15, 0.2) is 30.3 Å². The first-order chi connectivity index (χ1) is 11.1. The summed E-state index contributed by atoms with van der Waals surface area (Å²) in [6, 6.07) is 8.73. The van der Waals surface area contributed by atoms with E-state index < -0.39 is 12.2 Å². The average molecular weight is 320 g/mol. The van der Waals surface area contributed by atoms with Gasteiger partial charge in [0, 0.05) is 6.42 Å². The number of carbonyl (C=O) groups is 1. The number of hydrogen-bond donors (Lipinski definition) is 2. The fraction of sp³-hybridized carbons (Fsp3) is 0.650. The Morgan fingerprint density at radius 3 is 1.96 bits per heavy atom. The van der Waals surface area contributed by atoms with Crippen LogP contribution in [0.1, 0.15) is 76.7 Å². The smallest absolute Gasteiger partial charge is 0.171 e. The number of aliphatic hydroxyl groups excluding tert-OH is 1. The standard InChI is InChI=1S/C20H32O3/c1-2-3-4-5-6-7-8-9-13-16-19(22)20(23,17-21)18-14-11-10-12-15-18/h10-12,14-15,21,23H,2-9,13,16-17H2,1H3. The molecule has 0 bridgehead atoms. The number of ketones is 1. The van der Waals surface area contributed by atoms with Crippen LogP contribution in [0.3, 0.4) is 0 Å². The van der Waals surface area contributed by atoms with Gasteiger partial charge in [-0.3, -0.25) is 4.79 Å². The molecule has 0 aliphatic rings. The first-order valence-corrected chi connectivity index (χ1v) is 9.07. The van der Waals surface area contributed by atoms with E-state index in [-0.39, 0.29) is 5.78 Å². The van der Waals surface area contributed by atoms with E-state index in [1.54, 1.807) is 24.3 Å². The van der Waals surface area contributed by atoms with Crippen LogP contribution >= 0.6 is 0 Å². The Kier molecular flexibility index (Phi) is 9.81. The third kappa shape index (κ3) is 6.84. The van der Waals surface area contributed by atoms with Gasteiger partial charge in [-0.15, -0.1) is 0 Å². The predicted molar refractivity (Wildman–Crippen MR) is 94.3 cm³/mol. The van der Waals surface area contributed by atoms with Gasteiger partial charge >= 0.3 is 0 Å². The zero-order valence-corrected chi connectivity index (χ0v) is 14.5. The van der Waals surface area contributed by atoms with Gasteiger partial charge in [0.05, 0.1) is 6.61 Å². The van der Waals surface area contributed by atoms with E-state index in [0.717, 1.165) is 19.3 Å². The van der Waals surface area contributed by atoms with Crippen molar-refractivity contribution in [2.45, 2.75) is 76.7 Å². The van der Waals surface area contributed by atoms with Crippen molar-refractivity contribution in [2.24, 2.45) is 0 Å². The SMILES string of the molecule is CCCCCCCCCCCC(=O)C(O)(CO)c1ccccc1. The zero-order valence-electron chi connectivity index (χ0n) is 14.5. The van der Waals surface area contributed by atoms with Crippen LogP contribution < -0.4 is 0 Å². The van der Waals surface area contributed by atoms with Crippen LogP contribution in [0.4, 0.5) is 0 Å². The fourth-order valence-electron chi connectivity index (χ4n) is 2.86. The predicted octanol–water partition coefficient (Wildman–Crippen LogP) is 4.36. The van der Waals surface area contributed by atoms with E-state index in [0.29, 0.717) is 12.0 Å². The van der Waals surface area contributed by atoms with Crippen LogP contribution in [0, 0.1) is 0 Å². The van der Waals surface area contributed by atoms with Crippen LogP contribution in [-0.2, 0) is 10.4 Å². The molecule has 130 valence electrons. The van der Waals surface area contributed by atoms with E-state index in [4.69, 9.17) is 0 Å². The second-order valence-electron chi connectivity index (χ2n) is 6.39. The summed E-state index contributed by atoms with van der Waals surface area (Å²) in [6.07, 6.45) is 11.0. The summed E-state index contributed by atoms with van der Waals surface area (Å²) in [5.74, 6) is -0.283. The van der Waals surface area contributed by atoms with Crippen LogP contribution in [0.5, 0.6) is 0 Å². The second kappa shape index (κ2) is 11.4. The Bertz CT molecular complexity index is 430. The van der Waals surface area contributed by atoms with Crippen molar-refractivity contribution in [2.75, 3.05) is 6.61 Å². The van der Waals surface area contributed by atoms with Gasteiger partial charge < -0.3 is 10.2 Å². The molecule has 1 unspecified atom stereocenters. The van der Waals surface area contributed by atoms with E-state index in [2.05, 4.69) is 6.92 Å². The lowest BCUT2D eigenvalue weighted by molar-refractivity contribution is -0.143. The van der Waals surface area contributed by atoms with Crippen molar-refractivity contribution in [1.29, 1.82) is 0 Å². The Morgan fingerprint density at radius 1 is 0.913 bits per heavy atom. The van der Waals surface area contributed by atoms with Gasteiger partial charge in [-0.1, -0.05) is 88.6 Å². The van der Waals surface area contributed by atoms with E-state index in [1.165, 1.54) is 38.5 Å². The minimum absolute atomic E-state index is 0.283. The van der Waals surface area contributed by atoms with Crippen molar-refractivity contribution in [1.82, 2.24) is 0 Å². The molecular formula is C20H32O3. The van der Waals surface area contributed by atoms with Crippen molar-refractivity contribution in [3.05, 3.63) is 35.9 Å². The number of hydrogen-bond acceptors (Lipinski definition) is 3. The Balaban J connectivity index is 2.25. The van der Waals surface area contributed by atoms with E-state index in [9.17, 15) is 15.0 Å².